The monoisotopic (exact) mass is 225 g/mol. The van der Waals surface area contributed by atoms with E-state index >= 15 is 0 Å². The zero-order chi connectivity index (χ0) is 11.1. The van der Waals surface area contributed by atoms with E-state index in [0.717, 1.165) is 18.5 Å². The standard InChI is InChI=1S/C12H16ClNO/c1-2-9-14(10-8-13)12(15)11-6-4-3-5-7-11/h3-7H,2,8-10H2,1H3. The fraction of sp³-hybridized carbons (Fsp3) is 0.417. The number of rotatable bonds is 5. The summed E-state index contributed by atoms with van der Waals surface area (Å²) in [4.78, 5) is 13.8. The Kier molecular flexibility index (Phi) is 5.19. The van der Waals surface area contributed by atoms with Crippen LogP contribution in [0.1, 0.15) is 23.7 Å². The maximum atomic E-state index is 12.0. The largest absolute Gasteiger partial charge is 0.337 e. The van der Waals surface area contributed by atoms with Gasteiger partial charge < -0.3 is 4.90 Å². The van der Waals surface area contributed by atoms with Crippen LogP contribution in [-0.4, -0.2) is 29.8 Å². The Morgan fingerprint density at radius 2 is 1.93 bits per heavy atom. The van der Waals surface area contributed by atoms with Crippen LogP contribution in [0.25, 0.3) is 0 Å². The Hall–Kier alpha value is -1.02. The van der Waals surface area contributed by atoms with Gasteiger partial charge in [0.1, 0.15) is 0 Å². The van der Waals surface area contributed by atoms with Gasteiger partial charge in [-0.25, -0.2) is 0 Å². The number of amides is 1. The predicted octanol–water partition coefficient (Wildman–Crippen LogP) is 2.78. The Bertz CT molecular complexity index is 294. The van der Waals surface area contributed by atoms with Crippen molar-refractivity contribution in [1.29, 1.82) is 0 Å². The van der Waals surface area contributed by atoms with Crippen molar-refractivity contribution in [2.45, 2.75) is 13.3 Å². The highest BCUT2D eigenvalue weighted by molar-refractivity contribution is 6.18. The van der Waals surface area contributed by atoms with E-state index in [1.54, 1.807) is 4.90 Å². The SMILES string of the molecule is CCCN(CCCl)C(=O)c1ccccc1. The van der Waals surface area contributed by atoms with E-state index in [1.807, 2.05) is 30.3 Å². The third-order valence-corrected chi connectivity index (χ3v) is 2.32. The van der Waals surface area contributed by atoms with Crippen LogP contribution in [0.3, 0.4) is 0 Å². The van der Waals surface area contributed by atoms with E-state index in [4.69, 9.17) is 11.6 Å². The fourth-order valence-corrected chi connectivity index (χ4v) is 1.65. The molecule has 0 saturated heterocycles. The van der Waals surface area contributed by atoms with Crippen LogP contribution in [0.4, 0.5) is 0 Å². The lowest BCUT2D eigenvalue weighted by Gasteiger charge is -2.20. The van der Waals surface area contributed by atoms with Gasteiger partial charge in [0, 0.05) is 24.5 Å². The summed E-state index contributed by atoms with van der Waals surface area (Å²) in [6.45, 7) is 3.43. The maximum absolute atomic E-state index is 12.0. The molecule has 0 unspecified atom stereocenters. The number of benzene rings is 1. The number of nitrogens with zero attached hydrogens (tertiary/aromatic N) is 1. The number of carbonyl (C=O) groups is 1. The molecule has 0 atom stereocenters. The van der Waals surface area contributed by atoms with Crippen molar-refractivity contribution in [3.8, 4) is 0 Å². The first-order chi connectivity index (χ1) is 7.29. The van der Waals surface area contributed by atoms with Gasteiger partial charge in [0.2, 0.25) is 0 Å². The second-order valence-corrected chi connectivity index (χ2v) is 3.73. The van der Waals surface area contributed by atoms with Gasteiger partial charge in [-0.15, -0.1) is 11.6 Å². The molecule has 3 heteroatoms. The minimum Gasteiger partial charge on any atom is -0.337 e. The normalized spacial score (nSPS) is 10.0. The maximum Gasteiger partial charge on any atom is 0.253 e. The second kappa shape index (κ2) is 6.46. The number of halogens is 1. The van der Waals surface area contributed by atoms with Gasteiger partial charge in [-0.3, -0.25) is 4.79 Å². The number of carbonyl (C=O) groups excluding carboxylic acids is 1. The predicted molar refractivity (Wildman–Crippen MR) is 63.4 cm³/mol. The molecule has 0 bridgehead atoms. The molecule has 2 nitrogen and oxygen atoms in total. The van der Waals surface area contributed by atoms with Crippen molar-refractivity contribution in [1.82, 2.24) is 4.90 Å². The van der Waals surface area contributed by atoms with Crippen LogP contribution >= 0.6 is 11.6 Å². The molecule has 1 rings (SSSR count). The number of hydrogen-bond donors (Lipinski definition) is 0. The lowest BCUT2D eigenvalue weighted by atomic mass is 10.2. The molecule has 0 heterocycles. The van der Waals surface area contributed by atoms with Crippen LogP contribution in [0, 0.1) is 0 Å². The Morgan fingerprint density at radius 3 is 2.47 bits per heavy atom. The van der Waals surface area contributed by atoms with Crippen molar-refractivity contribution >= 4 is 17.5 Å². The third kappa shape index (κ3) is 3.56. The van der Waals surface area contributed by atoms with E-state index in [2.05, 4.69) is 6.92 Å². The molecule has 0 saturated carbocycles. The molecular weight excluding hydrogens is 210 g/mol. The molecule has 0 aliphatic rings. The average molecular weight is 226 g/mol. The summed E-state index contributed by atoms with van der Waals surface area (Å²) < 4.78 is 0. The van der Waals surface area contributed by atoms with Crippen molar-refractivity contribution in [2.24, 2.45) is 0 Å². The van der Waals surface area contributed by atoms with Gasteiger partial charge in [-0.1, -0.05) is 25.1 Å². The molecule has 1 amide bonds. The van der Waals surface area contributed by atoms with E-state index in [1.165, 1.54) is 0 Å². The lowest BCUT2D eigenvalue weighted by molar-refractivity contribution is 0.0765. The summed E-state index contributed by atoms with van der Waals surface area (Å²) >= 11 is 5.67. The highest BCUT2D eigenvalue weighted by atomic mass is 35.5. The fourth-order valence-electron chi connectivity index (χ4n) is 1.45. The number of alkyl halides is 1. The molecule has 82 valence electrons. The van der Waals surface area contributed by atoms with Gasteiger partial charge in [0.05, 0.1) is 0 Å². The summed E-state index contributed by atoms with van der Waals surface area (Å²) in [5.74, 6) is 0.552. The third-order valence-electron chi connectivity index (χ3n) is 2.16. The van der Waals surface area contributed by atoms with E-state index in [9.17, 15) is 4.79 Å². The first-order valence-electron chi connectivity index (χ1n) is 5.20. The molecule has 1 aromatic rings. The highest BCUT2D eigenvalue weighted by Crippen LogP contribution is 2.05. The minimum absolute atomic E-state index is 0.0677. The zero-order valence-electron chi connectivity index (χ0n) is 8.95. The quantitative estimate of drug-likeness (QED) is 0.706. The first kappa shape index (κ1) is 12.1. The molecule has 0 aliphatic carbocycles. The Balaban J connectivity index is 2.71. The van der Waals surface area contributed by atoms with Crippen LogP contribution in [0.15, 0.2) is 30.3 Å². The van der Waals surface area contributed by atoms with Crippen molar-refractivity contribution in [3.63, 3.8) is 0 Å². The lowest BCUT2D eigenvalue weighted by Crippen LogP contribution is -2.33. The van der Waals surface area contributed by atoms with Gasteiger partial charge in [-0.2, -0.15) is 0 Å². The smallest absolute Gasteiger partial charge is 0.253 e. The van der Waals surface area contributed by atoms with Crippen LogP contribution in [0.5, 0.6) is 0 Å². The molecule has 1 aromatic carbocycles. The van der Waals surface area contributed by atoms with E-state index in [-0.39, 0.29) is 5.91 Å². The molecule has 0 aromatic heterocycles. The first-order valence-corrected chi connectivity index (χ1v) is 5.73. The summed E-state index contributed by atoms with van der Waals surface area (Å²) in [6, 6.07) is 9.32. The van der Waals surface area contributed by atoms with Crippen molar-refractivity contribution in [2.75, 3.05) is 19.0 Å². The van der Waals surface area contributed by atoms with Crippen molar-refractivity contribution in [3.05, 3.63) is 35.9 Å². The van der Waals surface area contributed by atoms with Gasteiger partial charge >= 0.3 is 0 Å². The zero-order valence-corrected chi connectivity index (χ0v) is 9.70. The van der Waals surface area contributed by atoms with Crippen molar-refractivity contribution < 1.29 is 4.79 Å². The van der Waals surface area contributed by atoms with Crippen LogP contribution < -0.4 is 0 Å². The van der Waals surface area contributed by atoms with Gasteiger partial charge in [-0.05, 0) is 18.6 Å². The molecular formula is C12H16ClNO. The highest BCUT2D eigenvalue weighted by Gasteiger charge is 2.13. The Morgan fingerprint density at radius 1 is 1.27 bits per heavy atom. The van der Waals surface area contributed by atoms with Crippen LogP contribution in [-0.2, 0) is 0 Å². The van der Waals surface area contributed by atoms with E-state index < -0.39 is 0 Å². The summed E-state index contributed by atoms with van der Waals surface area (Å²) in [7, 11) is 0. The molecule has 0 aliphatic heterocycles. The molecule has 15 heavy (non-hydrogen) atoms. The second-order valence-electron chi connectivity index (χ2n) is 3.35. The minimum atomic E-state index is 0.0677. The summed E-state index contributed by atoms with van der Waals surface area (Å²) in [6.07, 6.45) is 0.954. The van der Waals surface area contributed by atoms with Gasteiger partial charge in [0.15, 0.2) is 0 Å². The molecule has 0 radical (unpaired) electrons. The molecule has 0 fully saturated rings. The summed E-state index contributed by atoms with van der Waals surface area (Å²) in [5.41, 5.74) is 0.732. The molecule has 0 spiro atoms. The average Bonchev–Trinajstić information content (AvgIpc) is 2.29. The van der Waals surface area contributed by atoms with E-state index in [0.29, 0.717) is 12.4 Å². The molecule has 0 N–H and O–H groups in total. The topological polar surface area (TPSA) is 20.3 Å². The van der Waals surface area contributed by atoms with Crippen LogP contribution in [0.2, 0.25) is 0 Å². The Labute approximate surface area is 95.8 Å². The summed E-state index contributed by atoms with van der Waals surface area (Å²) in [5, 5.41) is 0. The number of hydrogen-bond acceptors (Lipinski definition) is 1. The van der Waals surface area contributed by atoms with Gasteiger partial charge in [0.25, 0.3) is 5.91 Å².